The van der Waals surface area contributed by atoms with E-state index in [1.807, 2.05) is 18.2 Å². The standard InChI is InChI=1S/C20H19N3O6/c1-12(20-22-18(23-29-20)13-5-3-7-15(9-13)27-2)21-19(26)14-6-4-8-16(10-14)28-11-17(24)25/h3-10,12H,11H2,1-2H3,(H,21,26)(H,24,25). The van der Waals surface area contributed by atoms with Crippen LogP contribution in [0.2, 0.25) is 0 Å². The Kier molecular flexibility index (Phi) is 6.08. The third-order valence-electron chi connectivity index (χ3n) is 3.95. The van der Waals surface area contributed by atoms with E-state index < -0.39 is 18.6 Å². The van der Waals surface area contributed by atoms with Crippen molar-refractivity contribution in [2.75, 3.05) is 13.7 Å². The number of hydrogen-bond donors (Lipinski definition) is 2. The van der Waals surface area contributed by atoms with Gasteiger partial charge in [0.2, 0.25) is 11.7 Å². The molecule has 0 fully saturated rings. The predicted molar refractivity (Wildman–Crippen MR) is 102 cm³/mol. The largest absolute Gasteiger partial charge is 0.497 e. The molecule has 0 radical (unpaired) electrons. The molecule has 150 valence electrons. The summed E-state index contributed by atoms with van der Waals surface area (Å²) in [7, 11) is 1.57. The average molecular weight is 397 g/mol. The van der Waals surface area contributed by atoms with Gasteiger partial charge in [0.1, 0.15) is 17.5 Å². The molecule has 9 nitrogen and oxygen atoms in total. The van der Waals surface area contributed by atoms with Crippen LogP contribution in [-0.2, 0) is 4.79 Å². The zero-order valence-electron chi connectivity index (χ0n) is 15.8. The monoisotopic (exact) mass is 397 g/mol. The van der Waals surface area contributed by atoms with Gasteiger partial charge in [-0.3, -0.25) is 4.79 Å². The molecule has 3 rings (SSSR count). The molecule has 1 atom stereocenters. The lowest BCUT2D eigenvalue weighted by Gasteiger charge is -2.10. The Morgan fingerprint density at radius 3 is 2.69 bits per heavy atom. The molecule has 0 aliphatic heterocycles. The average Bonchev–Trinajstić information content (AvgIpc) is 3.23. The van der Waals surface area contributed by atoms with E-state index in [0.717, 1.165) is 5.56 Å². The van der Waals surface area contributed by atoms with Crippen LogP contribution in [0.5, 0.6) is 11.5 Å². The SMILES string of the molecule is COc1cccc(-c2noc(C(C)NC(=O)c3cccc(OCC(=O)O)c3)n2)c1. The van der Waals surface area contributed by atoms with E-state index in [4.69, 9.17) is 19.1 Å². The van der Waals surface area contributed by atoms with Crippen LogP contribution in [0.25, 0.3) is 11.4 Å². The van der Waals surface area contributed by atoms with Crippen molar-refractivity contribution in [2.45, 2.75) is 13.0 Å². The van der Waals surface area contributed by atoms with Crippen molar-refractivity contribution in [3.05, 3.63) is 60.0 Å². The normalized spacial score (nSPS) is 11.5. The first-order valence-corrected chi connectivity index (χ1v) is 8.70. The van der Waals surface area contributed by atoms with E-state index in [1.165, 1.54) is 6.07 Å². The third kappa shape index (κ3) is 5.10. The second-order valence-electron chi connectivity index (χ2n) is 6.09. The highest BCUT2D eigenvalue weighted by Crippen LogP contribution is 2.23. The first kappa shape index (κ1) is 19.9. The molecular weight excluding hydrogens is 378 g/mol. The van der Waals surface area contributed by atoms with Gasteiger partial charge in [-0.05, 0) is 37.3 Å². The van der Waals surface area contributed by atoms with Gasteiger partial charge in [0, 0.05) is 11.1 Å². The molecule has 1 unspecified atom stereocenters. The lowest BCUT2D eigenvalue weighted by Crippen LogP contribution is -2.26. The van der Waals surface area contributed by atoms with Crippen LogP contribution in [-0.4, -0.2) is 40.8 Å². The van der Waals surface area contributed by atoms with Crippen molar-refractivity contribution in [1.29, 1.82) is 0 Å². The highest BCUT2D eigenvalue weighted by atomic mass is 16.5. The number of carbonyl (C=O) groups excluding carboxylic acids is 1. The van der Waals surface area contributed by atoms with Crippen LogP contribution in [0.15, 0.2) is 53.1 Å². The summed E-state index contributed by atoms with van der Waals surface area (Å²) in [6, 6.07) is 12.9. The van der Waals surface area contributed by atoms with E-state index in [2.05, 4.69) is 15.5 Å². The summed E-state index contributed by atoms with van der Waals surface area (Å²) in [6.07, 6.45) is 0. The van der Waals surface area contributed by atoms with E-state index in [-0.39, 0.29) is 17.5 Å². The number of carbonyl (C=O) groups is 2. The zero-order chi connectivity index (χ0) is 20.8. The Morgan fingerprint density at radius 1 is 1.17 bits per heavy atom. The van der Waals surface area contributed by atoms with Crippen LogP contribution < -0.4 is 14.8 Å². The molecule has 1 heterocycles. The fourth-order valence-electron chi connectivity index (χ4n) is 2.50. The molecular formula is C20H19N3O6. The van der Waals surface area contributed by atoms with Crippen LogP contribution in [0.1, 0.15) is 29.2 Å². The number of hydrogen-bond acceptors (Lipinski definition) is 7. The Balaban J connectivity index is 1.68. The summed E-state index contributed by atoms with van der Waals surface area (Å²) in [5.74, 6) is 0.0839. The second-order valence-corrected chi connectivity index (χ2v) is 6.09. The molecule has 0 saturated heterocycles. The molecule has 0 saturated carbocycles. The summed E-state index contributed by atoms with van der Waals surface area (Å²) >= 11 is 0. The van der Waals surface area contributed by atoms with Gasteiger partial charge in [-0.1, -0.05) is 23.4 Å². The Hall–Kier alpha value is -3.88. The van der Waals surface area contributed by atoms with Crippen LogP contribution in [0, 0.1) is 0 Å². The fourth-order valence-corrected chi connectivity index (χ4v) is 2.50. The maximum absolute atomic E-state index is 12.5. The van der Waals surface area contributed by atoms with E-state index >= 15 is 0 Å². The first-order valence-electron chi connectivity index (χ1n) is 8.70. The van der Waals surface area contributed by atoms with Gasteiger partial charge in [-0.15, -0.1) is 0 Å². The van der Waals surface area contributed by atoms with Gasteiger partial charge in [0.05, 0.1) is 7.11 Å². The maximum Gasteiger partial charge on any atom is 0.341 e. The molecule has 0 aliphatic carbocycles. The van der Waals surface area contributed by atoms with Crippen molar-refractivity contribution >= 4 is 11.9 Å². The highest BCUT2D eigenvalue weighted by Gasteiger charge is 2.19. The van der Waals surface area contributed by atoms with Gasteiger partial charge in [-0.2, -0.15) is 4.98 Å². The maximum atomic E-state index is 12.5. The Bertz CT molecular complexity index is 1020. The lowest BCUT2D eigenvalue weighted by molar-refractivity contribution is -0.139. The van der Waals surface area contributed by atoms with Crippen molar-refractivity contribution in [3.8, 4) is 22.9 Å². The van der Waals surface area contributed by atoms with Gasteiger partial charge in [-0.25, -0.2) is 4.79 Å². The number of carboxylic acids is 1. The zero-order valence-corrected chi connectivity index (χ0v) is 15.8. The minimum Gasteiger partial charge on any atom is -0.497 e. The number of ether oxygens (including phenoxy) is 2. The topological polar surface area (TPSA) is 124 Å². The summed E-state index contributed by atoms with van der Waals surface area (Å²) < 4.78 is 15.5. The van der Waals surface area contributed by atoms with Crippen molar-refractivity contribution in [2.24, 2.45) is 0 Å². The smallest absolute Gasteiger partial charge is 0.341 e. The molecule has 3 aromatic rings. The number of aromatic nitrogens is 2. The number of methoxy groups -OCH3 is 1. The second kappa shape index (κ2) is 8.87. The number of aliphatic carboxylic acids is 1. The molecule has 29 heavy (non-hydrogen) atoms. The number of nitrogens with zero attached hydrogens (tertiary/aromatic N) is 2. The minimum absolute atomic E-state index is 0.245. The first-order chi connectivity index (χ1) is 14.0. The molecule has 1 aromatic heterocycles. The number of rotatable bonds is 8. The Morgan fingerprint density at radius 2 is 1.93 bits per heavy atom. The van der Waals surface area contributed by atoms with E-state index in [1.54, 1.807) is 38.3 Å². The lowest BCUT2D eigenvalue weighted by atomic mass is 10.2. The molecule has 0 aliphatic rings. The predicted octanol–water partition coefficient (Wildman–Crippen LogP) is 2.70. The number of carboxylic acid groups (broad SMARTS) is 1. The number of amides is 1. The van der Waals surface area contributed by atoms with Gasteiger partial charge < -0.3 is 24.4 Å². The van der Waals surface area contributed by atoms with E-state index in [9.17, 15) is 9.59 Å². The van der Waals surface area contributed by atoms with Gasteiger partial charge in [0.25, 0.3) is 5.91 Å². The number of benzene rings is 2. The summed E-state index contributed by atoms with van der Waals surface area (Å²) in [5, 5.41) is 15.4. The summed E-state index contributed by atoms with van der Waals surface area (Å²) in [6.45, 7) is 1.22. The fraction of sp³-hybridized carbons (Fsp3) is 0.200. The summed E-state index contributed by atoms with van der Waals surface area (Å²) in [5.41, 5.74) is 1.04. The Labute approximate surface area is 166 Å². The third-order valence-corrected chi connectivity index (χ3v) is 3.95. The van der Waals surface area contributed by atoms with Crippen molar-refractivity contribution < 1.29 is 28.7 Å². The van der Waals surface area contributed by atoms with Crippen LogP contribution >= 0.6 is 0 Å². The van der Waals surface area contributed by atoms with Crippen LogP contribution in [0.3, 0.4) is 0 Å². The molecule has 0 bridgehead atoms. The molecule has 0 spiro atoms. The van der Waals surface area contributed by atoms with E-state index in [0.29, 0.717) is 17.1 Å². The quantitative estimate of drug-likeness (QED) is 0.595. The highest BCUT2D eigenvalue weighted by molar-refractivity contribution is 5.94. The van der Waals surface area contributed by atoms with Gasteiger partial charge in [0.15, 0.2) is 6.61 Å². The summed E-state index contributed by atoms with van der Waals surface area (Å²) in [4.78, 5) is 27.4. The van der Waals surface area contributed by atoms with Crippen LogP contribution in [0.4, 0.5) is 0 Å². The molecule has 9 heteroatoms. The molecule has 2 N–H and O–H groups in total. The molecule has 1 amide bonds. The number of nitrogens with one attached hydrogen (secondary N) is 1. The minimum atomic E-state index is -1.10. The van der Waals surface area contributed by atoms with Gasteiger partial charge >= 0.3 is 5.97 Å². The molecule has 2 aromatic carbocycles. The van der Waals surface area contributed by atoms with Crippen molar-refractivity contribution in [3.63, 3.8) is 0 Å². The van der Waals surface area contributed by atoms with Crippen molar-refractivity contribution in [1.82, 2.24) is 15.5 Å².